The molecule has 0 unspecified atom stereocenters. The second kappa shape index (κ2) is 5.40. The number of pyridine rings is 1. The van der Waals surface area contributed by atoms with Gasteiger partial charge < -0.3 is 11.1 Å². The molecule has 5 heteroatoms. The van der Waals surface area contributed by atoms with Gasteiger partial charge in [0.2, 0.25) is 0 Å². The Morgan fingerprint density at radius 3 is 2.74 bits per heavy atom. The monoisotopic (exact) mass is 319 g/mol. The number of anilines is 2. The van der Waals surface area contributed by atoms with Crippen molar-refractivity contribution >= 4 is 33.2 Å². The quantitative estimate of drug-likeness (QED) is 0.892. The third-order valence-electron chi connectivity index (χ3n) is 2.77. The van der Waals surface area contributed by atoms with Gasteiger partial charge in [-0.25, -0.2) is 0 Å². The fourth-order valence-electron chi connectivity index (χ4n) is 1.69. The third-order valence-corrected chi connectivity index (χ3v) is 3.26. The highest BCUT2D eigenvalue weighted by Gasteiger charge is 2.12. The summed E-state index contributed by atoms with van der Waals surface area (Å²) in [7, 11) is 0. The minimum atomic E-state index is -0.258. The van der Waals surface area contributed by atoms with E-state index in [2.05, 4.69) is 26.2 Å². The zero-order valence-electron chi connectivity index (χ0n) is 10.7. The lowest BCUT2D eigenvalue weighted by molar-refractivity contribution is 0.102. The average Bonchev–Trinajstić information content (AvgIpc) is 2.33. The topological polar surface area (TPSA) is 68.0 Å². The Kier molecular flexibility index (Phi) is 3.85. The molecule has 0 aliphatic heterocycles. The first-order chi connectivity index (χ1) is 8.97. The van der Waals surface area contributed by atoms with Gasteiger partial charge in [0.05, 0.1) is 5.56 Å². The van der Waals surface area contributed by atoms with Crippen molar-refractivity contribution in [2.24, 2.45) is 0 Å². The van der Waals surface area contributed by atoms with E-state index in [-0.39, 0.29) is 5.91 Å². The first kappa shape index (κ1) is 13.5. The van der Waals surface area contributed by atoms with E-state index >= 15 is 0 Å². The summed E-state index contributed by atoms with van der Waals surface area (Å²) in [6.07, 6.45) is 1.49. The van der Waals surface area contributed by atoms with E-state index in [0.29, 0.717) is 11.3 Å². The second-order valence-electron chi connectivity index (χ2n) is 4.33. The van der Waals surface area contributed by atoms with Crippen LogP contribution in [0.1, 0.15) is 21.6 Å². The summed E-state index contributed by atoms with van der Waals surface area (Å²) < 4.78 is 0.906. The smallest absolute Gasteiger partial charge is 0.259 e. The van der Waals surface area contributed by atoms with Crippen molar-refractivity contribution in [3.05, 3.63) is 51.8 Å². The summed E-state index contributed by atoms with van der Waals surface area (Å²) in [5.41, 5.74) is 9.16. The van der Waals surface area contributed by atoms with E-state index in [1.165, 1.54) is 6.20 Å². The number of nitrogen functional groups attached to an aromatic ring is 1. The molecule has 0 saturated heterocycles. The van der Waals surface area contributed by atoms with Crippen molar-refractivity contribution in [1.82, 2.24) is 4.98 Å². The minimum Gasteiger partial charge on any atom is -0.398 e. The lowest BCUT2D eigenvalue weighted by atomic mass is 10.1. The molecule has 0 spiro atoms. The van der Waals surface area contributed by atoms with Crippen LogP contribution in [0.2, 0.25) is 0 Å². The maximum atomic E-state index is 12.2. The van der Waals surface area contributed by atoms with Crippen LogP contribution in [0.3, 0.4) is 0 Å². The molecule has 0 radical (unpaired) electrons. The van der Waals surface area contributed by atoms with E-state index < -0.39 is 0 Å². The van der Waals surface area contributed by atoms with Gasteiger partial charge in [-0.1, -0.05) is 22.0 Å². The highest BCUT2D eigenvalue weighted by atomic mass is 79.9. The molecule has 3 N–H and O–H groups in total. The lowest BCUT2D eigenvalue weighted by Crippen LogP contribution is -2.15. The fraction of sp³-hybridized carbons (Fsp3) is 0.143. The number of carbonyl (C=O) groups is 1. The largest absolute Gasteiger partial charge is 0.398 e. The predicted molar refractivity (Wildman–Crippen MR) is 80.2 cm³/mol. The van der Waals surface area contributed by atoms with Gasteiger partial charge in [-0.15, -0.1) is 0 Å². The van der Waals surface area contributed by atoms with Crippen molar-refractivity contribution in [2.45, 2.75) is 13.8 Å². The first-order valence-electron chi connectivity index (χ1n) is 5.77. The number of halogens is 1. The van der Waals surface area contributed by atoms with Crippen molar-refractivity contribution in [3.63, 3.8) is 0 Å². The van der Waals surface area contributed by atoms with Gasteiger partial charge in [0, 0.05) is 27.7 Å². The summed E-state index contributed by atoms with van der Waals surface area (Å²) in [5, 5.41) is 2.84. The molecule has 0 atom stereocenters. The summed E-state index contributed by atoms with van der Waals surface area (Å²) in [6, 6.07) is 7.39. The van der Waals surface area contributed by atoms with E-state index in [1.54, 1.807) is 6.07 Å². The number of hydrogen-bond donors (Lipinski definition) is 2. The van der Waals surface area contributed by atoms with Gasteiger partial charge in [0.25, 0.3) is 5.91 Å². The molecular formula is C14H14BrN3O. The average molecular weight is 320 g/mol. The minimum absolute atomic E-state index is 0.258. The van der Waals surface area contributed by atoms with Crippen molar-refractivity contribution in [1.29, 1.82) is 0 Å². The Bertz CT molecular complexity index is 641. The number of nitrogens with two attached hydrogens (primary N) is 1. The van der Waals surface area contributed by atoms with Gasteiger partial charge in [-0.2, -0.15) is 0 Å². The van der Waals surface area contributed by atoms with Crippen molar-refractivity contribution in [3.8, 4) is 0 Å². The molecule has 1 amide bonds. The predicted octanol–water partition coefficient (Wildman–Crippen LogP) is 3.30. The molecule has 1 aromatic carbocycles. The van der Waals surface area contributed by atoms with Crippen LogP contribution in [0.15, 0.2) is 34.9 Å². The molecule has 1 aromatic heterocycles. The van der Waals surface area contributed by atoms with Crippen LogP contribution in [0.5, 0.6) is 0 Å². The standard InChI is InChI=1S/C14H14BrN3O/c1-8-3-4-10(15)6-13(8)18-14(19)11-7-17-9(2)5-12(11)16/h3-7H,1-2H3,(H2,16,17)(H,18,19). The van der Waals surface area contributed by atoms with Crippen LogP contribution >= 0.6 is 15.9 Å². The van der Waals surface area contributed by atoms with Gasteiger partial charge in [0.1, 0.15) is 0 Å². The Morgan fingerprint density at radius 1 is 1.32 bits per heavy atom. The molecular weight excluding hydrogens is 306 g/mol. The molecule has 4 nitrogen and oxygen atoms in total. The van der Waals surface area contributed by atoms with Crippen molar-refractivity contribution < 1.29 is 4.79 Å². The van der Waals surface area contributed by atoms with Crippen LogP contribution in [0.4, 0.5) is 11.4 Å². The molecule has 2 rings (SSSR count). The Hall–Kier alpha value is -1.88. The van der Waals surface area contributed by atoms with Crippen molar-refractivity contribution in [2.75, 3.05) is 11.1 Å². The van der Waals surface area contributed by atoms with Crippen LogP contribution in [0.25, 0.3) is 0 Å². The van der Waals surface area contributed by atoms with Gasteiger partial charge in [-0.3, -0.25) is 9.78 Å². The Labute approximate surface area is 120 Å². The molecule has 0 fully saturated rings. The second-order valence-corrected chi connectivity index (χ2v) is 5.24. The van der Waals surface area contributed by atoms with E-state index in [0.717, 1.165) is 21.4 Å². The molecule has 19 heavy (non-hydrogen) atoms. The van der Waals surface area contributed by atoms with E-state index in [1.807, 2.05) is 32.0 Å². The molecule has 0 aliphatic carbocycles. The summed E-state index contributed by atoms with van der Waals surface area (Å²) in [4.78, 5) is 16.3. The maximum absolute atomic E-state index is 12.2. The lowest BCUT2D eigenvalue weighted by Gasteiger charge is -2.10. The van der Waals surface area contributed by atoms with E-state index in [9.17, 15) is 4.79 Å². The number of amides is 1. The van der Waals surface area contributed by atoms with E-state index in [4.69, 9.17) is 5.73 Å². The summed E-state index contributed by atoms with van der Waals surface area (Å²) in [5.74, 6) is -0.258. The number of nitrogens with one attached hydrogen (secondary N) is 1. The zero-order valence-corrected chi connectivity index (χ0v) is 12.3. The maximum Gasteiger partial charge on any atom is 0.259 e. The van der Waals surface area contributed by atoms with Gasteiger partial charge >= 0.3 is 0 Å². The first-order valence-corrected chi connectivity index (χ1v) is 6.56. The fourth-order valence-corrected chi connectivity index (χ4v) is 2.05. The number of aromatic nitrogens is 1. The highest BCUT2D eigenvalue weighted by Crippen LogP contribution is 2.22. The highest BCUT2D eigenvalue weighted by molar-refractivity contribution is 9.10. The Balaban J connectivity index is 2.28. The number of carbonyl (C=O) groups excluding carboxylic acids is 1. The van der Waals surface area contributed by atoms with Gasteiger partial charge in [0.15, 0.2) is 0 Å². The Morgan fingerprint density at radius 2 is 2.05 bits per heavy atom. The number of rotatable bonds is 2. The zero-order chi connectivity index (χ0) is 14.0. The summed E-state index contributed by atoms with van der Waals surface area (Å²) in [6.45, 7) is 3.76. The molecule has 0 saturated carbocycles. The third kappa shape index (κ3) is 3.12. The molecule has 98 valence electrons. The molecule has 0 aliphatic rings. The summed E-state index contributed by atoms with van der Waals surface area (Å²) >= 11 is 3.38. The number of nitrogens with zero attached hydrogens (tertiary/aromatic N) is 1. The number of benzene rings is 1. The van der Waals surface area contributed by atoms with Crippen LogP contribution in [0, 0.1) is 13.8 Å². The van der Waals surface area contributed by atoms with Crippen LogP contribution in [-0.2, 0) is 0 Å². The molecule has 1 heterocycles. The number of hydrogen-bond acceptors (Lipinski definition) is 3. The normalized spacial score (nSPS) is 10.3. The number of aryl methyl sites for hydroxylation is 2. The van der Waals surface area contributed by atoms with Crippen LogP contribution in [-0.4, -0.2) is 10.9 Å². The van der Waals surface area contributed by atoms with Crippen LogP contribution < -0.4 is 11.1 Å². The molecule has 2 aromatic rings. The van der Waals surface area contributed by atoms with Gasteiger partial charge in [-0.05, 0) is 37.6 Å². The SMILES string of the molecule is Cc1cc(N)c(C(=O)Nc2cc(Br)ccc2C)cn1. The molecule has 0 bridgehead atoms.